The van der Waals surface area contributed by atoms with Gasteiger partial charge in [0.1, 0.15) is 35.6 Å². The molecule has 8 rings (SSSR count). The van der Waals surface area contributed by atoms with Gasteiger partial charge in [0.05, 0.1) is 23.0 Å². The Morgan fingerprint density at radius 1 is 0.945 bits per heavy atom. The molecule has 1 unspecified atom stereocenters. The van der Waals surface area contributed by atoms with Crippen LogP contribution in [0.1, 0.15) is 102 Å². The Hall–Kier alpha value is -4.20. The van der Waals surface area contributed by atoms with Gasteiger partial charge < -0.3 is 25.0 Å². The van der Waals surface area contributed by atoms with Crippen LogP contribution in [0.25, 0.3) is 10.9 Å². The lowest BCUT2D eigenvalue weighted by Crippen LogP contribution is -2.59. The average molecular weight is 776 g/mol. The Labute approximate surface area is 322 Å². The first-order chi connectivity index (χ1) is 26.5. The van der Waals surface area contributed by atoms with Crippen LogP contribution in [-0.4, -0.2) is 83.7 Å². The van der Waals surface area contributed by atoms with Crippen molar-refractivity contribution in [3.8, 4) is 5.75 Å². The van der Waals surface area contributed by atoms with E-state index in [1.165, 1.54) is 4.90 Å². The molecule has 14 heteroatoms. The maximum Gasteiger partial charge on any atom is 0.408 e. The summed E-state index contributed by atoms with van der Waals surface area (Å²) in [6.45, 7) is 3.88. The summed E-state index contributed by atoms with van der Waals surface area (Å²) in [4.78, 5) is 63.0. The molecule has 2 bridgehead atoms. The van der Waals surface area contributed by atoms with E-state index in [1.54, 1.807) is 6.08 Å². The summed E-state index contributed by atoms with van der Waals surface area (Å²) in [6.07, 6.45) is 12.0. The van der Waals surface area contributed by atoms with E-state index in [2.05, 4.69) is 21.9 Å². The summed E-state index contributed by atoms with van der Waals surface area (Å²) in [5.41, 5.74) is 0.172. The molecule has 296 valence electrons. The third-order valence-corrected chi connectivity index (χ3v) is 14.7. The number of fused-ring (bicyclic) bond motifs is 5. The highest BCUT2D eigenvalue weighted by Crippen LogP contribution is 2.46. The van der Waals surface area contributed by atoms with Crippen LogP contribution in [0.15, 0.2) is 43.0 Å². The topological polar surface area (TPSA) is 173 Å². The molecule has 4 saturated carbocycles. The molecule has 5 fully saturated rings. The lowest BCUT2D eigenvalue weighted by Gasteiger charge is -2.32. The number of para-hydroxylation sites is 1. The van der Waals surface area contributed by atoms with Crippen molar-refractivity contribution < 1.29 is 37.1 Å². The second-order valence-electron chi connectivity index (χ2n) is 16.7. The van der Waals surface area contributed by atoms with E-state index in [-0.39, 0.29) is 37.3 Å². The second kappa shape index (κ2) is 15.4. The number of carbonyl (C=O) groups excluding carboxylic acids is 4. The molecule has 4 aliphatic carbocycles. The van der Waals surface area contributed by atoms with Crippen LogP contribution in [0.3, 0.4) is 0 Å². The van der Waals surface area contributed by atoms with Crippen LogP contribution in [0.2, 0.25) is 0 Å². The number of benzene rings is 1. The van der Waals surface area contributed by atoms with Crippen LogP contribution in [0, 0.1) is 17.8 Å². The maximum atomic E-state index is 14.8. The molecule has 7 atom stereocenters. The Kier molecular flexibility index (Phi) is 10.5. The summed E-state index contributed by atoms with van der Waals surface area (Å²) < 4.78 is 40.5. The molecule has 0 radical (unpaired) electrons. The van der Waals surface area contributed by atoms with Gasteiger partial charge in [0.15, 0.2) is 0 Å². The third kappa shape index (κ3) is 7.93. The first kappa shape index (κ1) is 37.7. The number of aromatic nitrogens is 1. The van der Waals surface area contributed by atoms with Gasteiger partial charge in [-0.15, -0.1) is 6.58 Å². The molecule has 0 spiro atoms. The van der Waals surface area contributed by atoms with E-state index < -0.39 is 68.7 Å². The van der Waals surface area contributed by atoms with Crippen molar-refractivity contribution in [2.75, 3.05) is 6.54 Å². The van der Waals surface area contributed by atoms with Crippen molar-refractivity contribution in [1.82, 2.24) is 25.2 Å². The van der Waals surface area contributed by atoms with Gasteiger partial charge in [0.2, 0.25) is 21.8 Å². The average Bonchev–Trinajstić information content (AvgIpc) is 3.95. The summed E-state index contributed by atoms with van der Waals surface area (Å²) >= 11 is 0. The number of pyridine rings is 1. The van der Waals surface area contributed by atoms with Gasteiger partial charge in [-0.05, 0) is 94.6 Å². The van der Waals surface area contributed by atoms with Crippen LogP contribution in [0.4, 0.5) is 4.79 Å². The van der Waals surface area contributed by atoms with Crippen molar-refractivity contribution in [2.45, 2.75) is 138 Å². The minimum absolute atomic E-state index is 0.0635. The van der Waals surface area contributed by atoms with Crippen LogP contribution < -0.4 is 20.1 Å². The van der Waals surface area contributed by atoms with Crippen LogP contribution in [-0.2, 0) is 35.6 Å². The summed E-state index contributed by atoms with van der Waals surface area (Å²) in [5, 5.41) is 6.13. The number of alkyl carbamates (subject to hydrolysis) is 1. The fourth-order valence-electron chi connectivity index (χ4n) is 9.50. The number of ether oxygens (including phenoxy) is 2. The lowest BCUT2D eigenvalue weighted by atomic mass is 9.96. The Morgan fingerprint density at radius 3 is 2.45 bits per heavy atom. The highest BCUT2D eigenvalue weighted by atomic mass is 32.2. The van der Waals surface area contributed by atoms with Gasteiger partial charge in [0.25, 0.3) is 5.91 Å². The molecule has 2 aromatic rings. The van der Waals surface area contributed by atoms with E-state index >= 15 is 0 Å². The molecule has 1 aromatic heterocycles. The molecule has 13 nitrogen and oxygen atoms in total. The molecule has 4 amide bonds. The number of sulfonamides is 1. The maximum absolute atomic E-state index is 14.8. The van der Waals surface area contributed by atoms with E-state index in [0.717, 1.165) is 87.2 Å². The zero-order chi connectivity index (χ0) is 38.3. The quantitative estimate of drug-likeness (QED) is 0.334. The van der Waals surface area contributed by atoms with Crippen molar-refractivity contribution in [2.24, 2.45) is 17.8 Å². The minimum Gasteiger partial charge on any atom is -0.487 e. The molecule has 1 aromatic carbocycles. The predicted octanol–water partition coefficient (Wildman–Crippen LogP) is 4.82. The molecule has 2 aliphatic heterocycles. The molecular formula is C41H53N5O8S. The summed E-state index contributed by atoms with van der Waals surface area (Å²) in [6, 6.07) is 7.87. The normalized spacial score (nSPS) is 31.9. The van der Waals surface area contributed by atoms with E-state index in [1.807, 2.05) is 30.3 Å². The molecule has 6 aliphatic rings. The zero-order valence-corrected chi connectivity index (χ0v) is 32.2. The fraction of sp³-hybridized carbons (Fsp3) is 0.634. The van der Waals surface area contributed by atoms with Gasteiger partial charge in [-0.3, -0.25) is 19.1 Å². The smallest absolute Gasteiger partial charge is 0.408 e. The second-order valence-corrected chi connectivity index (χ2v) is 18.7. The van der Waals surface area contributed by atoms with Gasteiger partial charge in [0, 0.05) is 17.7 Å². The zero-order valence-electron chi connectivity index (χ0n) is 31.4. The molecular weight excluding hydrogens is 723 g/mol. The predicted molar refractivity (Wildman–Crippen MR) is 204 cm³/mol. The fourth-order valence-corrected chi connectivity index (χ4v) is 10.9. The molecule has 55 heavy (non-hydrogen) atoms. The molecule has 3 heterocycles. The number of aryl methyl sites for hydroxylation is 1. The standard InChI is InChI=1S/C41H53N5O8S/c1-2-28-23-41(28,39(49)45-55(51,52)30-19-20-30)44-37(47)33-22-29-24-46(33)38(48)36(26-12-6-7-13-26)43-40(50)54-34-18-10-15-25(34)11-4-3-5-17-32-35(53-29)21-27-14-8-9-16-31(27)42-32/h2,8-9,14,16,21,25-26,28-30,33-34,36H,1,3-7,10-13,15,17-20,22-24H2,(H,43,50)(H,44,47)(H,45,49)/t25-,28?,29+,33-,34-,36-,41+/m0/s1. The number of hydrogen-bond acceptors (Lipinski definition) is 9. The van der Waals surface area contributed by atoms with Gasteiger partial charge in [-0.2, -0.15) is 0 Å². The van der Waals surface area contributed by atoms with Crippen molar-refractivity contribution in [3.63, 3.8) is 0 Å². The largest absolute Gasteiger partial charge is 0.487 e. The van der Waals surface area contributed by atoms with Crippen molar-refractivity contribution >= 4 is 44.7 Å². The number of carbonyl (C=O) groups is 4. The Balaban J connectivity index is 1.12. The number of hydrogen-bond donors (Lipinski definition) is 3. The minimum atomic E-state index is -3.88. The first-order valence-electron chi connectivity index (χ1n) is 20.4. The highest BCUT2D eigenvalue weighted by Gasteiger charge is 2.62. The summed E-state index contributed by atoms with van der Waals surface area (Å²) in [5.74, 6) is -1.54. The Morgan fingerprint density at radius 2 is 1.69 bits per heavy atom. The van der Waals surface area contributed by atoms with Crippen molar-refractivity contribution in [3.05, 3.63) is 48.7 Å². The van der Waals surface area contributed by atoms with E-state index in [0.29, 0.717) is 25.0 Å². The molecule has 1 saturated heterocycles. The Bertz CT molecular complexity index is 1950. The van der Waals surface area contributed by atoms with Crippen LogP contribution >= 0.6 is 0 Å². The van der Waals surface area contributed by atoms with Gasteiger partial charge in [-0.1, -0.05) is 50.0 Å². The number of amides is 4. The van der Waals surface area contributed by atoms with E-state index in [4.69, 9.17) is 14.5 Å². The molecule has 3 N–H and O–H groups in total. The van der Waals surface area contributed by atoms with Crippen molar-refractivity contribution in [1.29, 1.82) is 0 Å². The van der Waals surface area contributed by atoms with E-state index in [9.17, 15) is 27.6 Å². The SMILES string of the molecule is C=CC1C[C@]1(NC(=O)[C@@H]1C[C@@H]2CN1C(=O)[C@H](C1CCCC1)NC(=O)O[C@H]1CCC[C@@H]1CCCCCc1nc3ccccc3cc1O2)C(=O)NS(=O)(=O)C1CC1. The number of nitrogens with zero attached hydrogens (tertiary/aromatic N) is 2. The third-order valence-electron chi connectivity index (χ3n) is 12.9. The highest BCUT2D eigenvalue weighted by molar-refractivity contribution is 7.91. The van der Waals surface area contributed by atoms with Gasteiger partial charge in [-0.25, -0.2) is 18.2 Å². The summed E-state index contributed by atoms with van der Waals surface area (Å²) in [7, 11) is -3.88. The number of nitrogens with one attached hydrogen (secondary N) is 3. The lowest BCUT2D eigenvalue weighted by molar-refractivity contribution is -0.142. The van der Waals surface area contributed by atoms with Gasteiger partial charge >= 0.3 is 6.09 Å². The monoisotopic (exact) mass is 775 g/mol. The first-order valence-corrected chi connectivity index (χ1v) is 21.9. The number of rotatable bonds is 7. The van der Waals surface area contributed by atoms with Crippen LogP contribution in [0.5, 0.6) is 5.75 Å².